The van der Waals surface area contributed by atoms with Crippen LogP contribution in [0, 0.1) is 5.82 Å². The lowest BCUT2D eigenvalue weighted by Gasteiger charge is -2.15. The van der Waals surface area contributed by atoms with Gasteiger partial charge >= 0.3 is 0 Å². The van der Waals surface area contributed by atoms with Gasteiger partial charge in [0.15, 0.2) is 0 Å². The summed E-state index contributed by atoms with van der Waals surface area (Å²) >= 11 is 0. The van der Waals surface area contributed by atoms with Gasteiger partial charge in [-0.3, -0.25) is 4.79 Å². The monoisotopic (exact) mass is 365 g/mol. The molecule has 6 heteroatoms. The third-order valence-corrected chi connectivity index (χ3v) is 3.65. The van der Waals surface area contributed by atoms with E-state index in [0.717, 1.165) is 17.1 Å². The molecule has 0 saturated heterocycles. The van der Waals surface area contributed by atoms with Crippen LogP contribution in [0.4, 0.5) is 21.6 Å². The summed E-state index contributed by atoms with van der Waals surface area (Å²) in [4.78, 5) is 16.3. The summed E-state index contributed by atoms with van der Waals surface area (Å²) in [6.07, 6.45) is 1.64. The third kappa shape index (κ3) is 4.82. The van der Waals surface area contributed by atoms with Gasteiger partial charge in [-0.05, 0) is 50.2 Å². The second-order valence-corrected chi connectivity index (χ2v) is 6.15. The molecule has 0 fully saturated rings. The zero-order valence-electron chi connectivity index (χ0n) is 15.1. The fraction of sp³-hybridized carbons (Fsp3) is 0.143. The van der Waals surface area contributed by atoms with Gasteiger partial charge in [-0.15, -0.1) is 0 Å². The van der Waals surface area contributed by atoms with E-state index in [0.29, 0.717) is 5.82 Å². The van der Waals surface area contributed by atoms with Gasteiger partial charge in [0.1, 0.15) is 17.4 Å². The van der Waals surface area contributed by atoms with Crippen LogP contribution in [-0.2, 0) is 0 Å². The minimum Gasteiger partial charge on any atom is -0.489 e. The molecule has 138 valence electrons. The van der Waals surface area contributed by atoms with Gasteiger partial charge in [-0.25, -0.2) is 9.37 Å². The number of para-hydroxylation sites is 2. The number of hydrogen-bond donors (Lipinski definition) is 2. The van der Waals surface area contributed by atoms with Crippen LogP contribution in [0.1, 0.15) is 24.2 Å². The van der Waals surface area contributed by atoms with E-state index in [1.807, 2.05) is 38.1 Å². The maximum Gasteiger partial charge on any atom is 0.259 e. The molecule has 2 aromatic carbocycles. The van der Waals surface area contributed by atoms with Crippen molar-refractivity contribution in [1.82, 2.24) is 4.98 Å². The van der Waals surface area contributed by atoms with Crippen molar-refractivity contribution in [1.29, 1.82) is 0 Å². The number of hydrogen-bond acceptors (Lipinski definition) is 4. The Labute approximate surface area is 157 Å². The van der Waals surface area contributed by atoms with Crippen molar-refractivity contribution in [2.24, 2.45) is 0 Å². The lowest BCUT2D eigenvalue weighted by molar-refractivity contribution is 0.102. The molecule has 2 N–H and O–H groups in total. The number of aromatic nitrogens is 1. The average molecular weight is 365 g/mol. The number of halogens is 1. The third-order valence-electron chi connectivity index (χ3n) is 3.65. The number of carbonyl (C=O) groups excluding carboxylic acids is 1. The van der Waals surface area contributed by atoms with E-state index in [1.165, 1.54) is 18.2 Å². The number of rotatable bonds is 6. The van der Waals surface area contributed by atoms with Gasteiger partial charge in [-0.2, -0.15) is 0 Å². The number of ether oxygens (including phenoxy) is 1. The Morgan fingerprint density at radius 2 is 1.78 bits per heavy atom. The molecule has 3 aromatic rings. The summed E-state index contributed by atoms with van der Waals surface area (Å²) in [7, 11) is 0. The summed E-state index contributed by atoms with van der Waals surface area (Å²) < 4.78 is 19.5. The van der Waals surface area contributed by atoms with Crippen LogP contribution in [-0.4, -0.2) is 17.0 Å². The Bertz CT molecular complexity index is 927. The number of benzene rings is 2. The Hall–Kier alpha value is -3.41. The van der Waals surface area contributed by atoms with E-state index in [-0.39, 0.29) is 11.7 Å². The molecule has 0 bridgehead atoms. The summed E-state index contributed by atoms with van der Waals surface area (Å²) in [5.41, 5.74) is 1.52. The molecule has 0 aliphatic carbocycles. The van der Waals surface area contributed by atoms with Crippen LogP contribution in [0.3, 0.4) is 0 Å². The van der Waals surface area contributed by atoms with Gasteiger partial charge in [0, 0.05) is 0 Å². The van der Waals surface area contributed by atoms with Gasteiger partial charge in [0.25, 0.3) is 5.91 Å². The van der Waals surface area contributed by atoms with Crippen molar-refractivity contribution in [3.05, 3.63) is 78.2 Å². The van der Waals surface area contributed by atoms with E-state index < -0.39 is 11.7 Å². The molecule has 0 unspecified atom stereocenters. The molecule has 1 amide bonds. The molecule has 0 spiro atoms. The van der Waals surface area contributed by atoms with Crippen LogP contribution < -0.4 is 15.4 Å². The maximum absolute atomic E-state index is 13.7. The number of nitrogens with zero attached hydrogens (tertiary/aromatic N) is 1. The Morgan fingerprint density at radius 3 is 2.48 bits per heavy atom. The summed E-state index contributed by atoms with van der Waals surface area (Å²) in [6, 6.07) is 16.8. The van der Waals surface area contributed by atoms with Crippen molar-refractivity contribution >= 4 is 23.1 Å². The molecule has 1 heterocycles. The first-order valence-electron chi connectivity index (χ1n) is 8.57. The zero-order chi connectivity index (χ0) is 19.2. The highest BCUT2D eigenvalue weighted by molar-refractivity contribution is 6.03. The normalized spacial score (nSPS) is 10.5. The Kier molecular flexibility index (Phi) is 5.66. The maximum atomic E-state index is 13.7. The van der Waals surface area contributed by atoms with Crippen molar-refractivity contribution in [3.63, 3.8) is 0 Å². The lowest BCUT2D eigenvalue weighted by Crippen LogP contribution is -2.14. The summed E-state index contributed by atoms with van der Waals surface area (Å²) in [5, 5.41) is 5.82. The first kappa shape index (κ1) is 18.4. The molecular formula is C21H20FN3O2. The SMILES string of the molecule is CC(C)Oc1ccccc1Nc1ccc(NC(=O)c2ccccc2F)nc1. The van der Waals surface area contributed by atoms with Crippen LogP contribution in [0.25, 0.3) is 0 Å². The van der Waals surface area contributed by atoms with E-state index in [1.54, 1.807) is 24.4 Å². The largest absolute Gasteiger partial charge is 0.489 e. The van der Waals surface area contributed by atoms with Crippen LogP contribution in [0.15, 0.2) is 66.9 Å². The smallest absolute Gasteiger partial charge is 0.259 e. The first-order valence-corrected chi connectivity index (χ1v) is 8.57. The number of anilines is 3. The number of pyridine rings is 1. The topological polar surface area (TPSA) is 63.2 Å². The second-order valence-electron chi connectivity index (χ2n) is 6.15. The molecule has 27 heavy (non-hydrogen) atoms. The van der Waals surface area contributed by atoms with E-state index in [4.69, 9.17) is 4.74 Å². The number of amides is 1. The van der Waals surface area contributed by atoms with Crippen molar-refractivity contribution in [3.8, 4) is 5.75 Å². The molecule has 3 rings (SSSR count). The molecule has 0 aliphatic rings. The fourth-order valence-corrected chi connectivity index (χ4v) is 2.45. The molecule has 5 nitrogen and oxygen atoms in total. The van der Waals surface area contributed by atoms with Crippen molar-refractivity contribution in [2.75, 3.05) is 10.6 Å². The summed E-state index contributed by atoms with van der Waals surface area (Å²) in [6.45, 7) is 3.93. The molecular weight excluding hydrogens is 345 g/mol. The van der Waals surface area contributed by atoms with Gasteiger partial charge in [0.05, 0.1) is 29.2 Å². The predicted octanol–water partition coefficient (Wildman–Crippen LogP) is 5.00. The Morgan fingerprint density at radius 1 is 1.04 bits per heavy atom. The zero-order valence-corrected chi connectivity index (χ0v) is 15.1. The highest BCUT2D eigenvalue weighted by Gasteiger charge is 2.11. The number of carbonyl (C=O) groups is 1. The highest BCUT2D eigenvalue weighted by Crippen LogP contribution is 2.28. The minimum atomic E-state index is -0.574. The molecule has 0 saturated carbocycles. The van der Waals surface area contributed by atoms with Crippen molar-refractivity contribution in [2.45, 2.75) is 20.0 Å². The van der Waals surface area contributed by atoms with Crippen LogP contribution in [0.2, 0.25) is 0 Å². The van der Waals surface area contributed by atoms with E-state index >= 15 is 0 Å². The predicted molar refractivity (Wildman–Crippen MR) is 104 cm³/mol. The van der Waals surface area contributed by atoms with E-state index in [2.05, 4.69) is 15.6 Å². The fourth-order valence-electron chi connectivity index (χ4n) is 2.45. The average Bonchev–Trinajstić information content (AvgIpc) is 2.65. The van der Waals surface area contributed by atoms with Crippen molar-refractivity contribution < 1.29 is 13.9 Å². The van der Waals surface area contributed by atoms with Gasteiger partial charge in [-0.1, -0.05) is 24.3 Å². The second kappa shape index (κ2) is 8.31. The quantitative estimate of drug-likeness (QED) is 0.645. The van der Waals surface area contributed by atoms with E-state index in [9.17, 15) is 9.18 Å². The first-order chi connectivity index (χ1) is 13.0. The lowest BCUT2D eigenvalue weighted by atomic mass is 10.2. The number of nitrogens with one attached hydrogen (secondary N) is 2. The highest BCUT2D eigenvalue weighted by atomic mass is 19.1. The minimum absolute atomic E-state index is 0.0266. The van der Waals surface area contributed by atoms with Crippen LogP contribution >= 0.6 is 0 Å². The molecule has 0 atom stereocenters. The van der Waals surface area contributed by atoms with Crippen LogP contribution in [0.5, 0.6) is 5.75 Å². The van der Waals surface area contributed by atoms with Gasteiger partial charge < -0.3 is 15.4 Å². The molecule has 1 aromatic heterocycles. The Balaban J connectivity index is 1.69. The summed E-state index contributed by atoms with van der Waals surface area (Å²) in [5.74, 6) is -0.0445. The molecule has 0 aliphatic heterocycles. The van der Waals surface area contributed by atoms with Gasteiger partial charge in [0.2, 0.25) is 0 Å². The molecule has 0 radical (unpaired) electrons. The standard InChI is InChI=1S/C21H20FN3O2/c1-14(2)27-19-10-6-5-9-18(19)24-15-11-12-20(23-13-15)25-21(26)16-7-3-4-8-17(16)22/h3-14,24H,1-2H3,(H,23,25,26).